The van der Waals surface area contributed by atoms with Crippen LogP contribution in [-0.4, -0.2) is 29.5 Å². The molecule has 5 nitrogen and oxygen atoms in total. The van der Waals surface area contributed by atoms with E-state index in [1.54, 1.807) is 0 Å². The highest BCUT2D eigenvalue weighted by molar-refractivity contribution is 5.72. The molecule has 1 aromatic rings. The molecule has 0 radical (unpaired) electrons. The van der Waals surface area contributed by atoms with Crippen molar-refractivity contribution < 1.29 is 32.9 Å². The molecule has 0 saturated carbocycles. The van der Waals surface area contributed by atoms with Gasteiger partial charge in [0, 0.05) is 5.56 Å². The molecule has 0 saturated heterocycles. The lowest BCUT2D eigenvalue weighted by molar-refractivity contribution is -0.150. The Balaban J connectivity index is 3.41. The second kappa shape index (κ2) is 5.35. The molecular weight excluding hydrogens is 267 g/mol. The van der Waals surface area contributed by atoms with E-state index in [2.05, 4.69) is 4.74 Å². The van der Waals surface area contributed by atoms with Crippen molar-refractivity contribution in [3.63, 3.8) is 0 Å². The zero-order chi connectivity index (χ0) is 14.8. The van der Waals surface area contributed by atoms with Crippen molar-refractivity contribution in [3.8, 4) is 11.5 Å². The third kappa shape index (κ3) is 3.28. The van der Waals surface area contributed by atoms with Crippen LogP contribution in [0.5, 0.6) is 11.5 Å². The summed E-state index contributed by atoms with van der Waals surface area (Å²) in [5.41, 5.74) is 4.14. The first-order valence-corrected chi connectivity index (χ1v) is 5.11. The van der Waals surface area contributed by atoms with E-state index in [-0.39, 0.29) is 11.3 Å². The third-order valence-electron chi connectivity index (χ3n) is 2.50. The lowest BCUT2D eigenvalue weighted by Gasteiger charge is -2.21. The van der Waals surface area contributed by atoms with Crippen LogP contribution in [0.2, 0.25) is 0 Å². The minimum atomic E-state index is -4.81. The Morgan fingerprint density at radius 3 is 2.47 bits per heavy atom. The van der Waals surface area contributed by atoms with Gasteiger partial charge >= 0.3 is 12.1 Å². The van der Waals surface area contributed by atoms with Gasteiger partial charge in [-0.2, -0.15) is 13.2 Å². The number of nitrogens with two attached hydrogens (primary N) is 1. The molecule has 0 aliphatic carbocycles. The van der Waals surface area contributed by atoms with Crippen LogP contribution in [0, 0.1) is 0 Å². The highest BCUT2D eigenvalue weighted by Gasteiger charge is 2.41. The fourth-order valence-corrected chi connectivity index (χ4v) is 1.62. The molecule has 0 bridgehead atoms. The fourth-order valence-electron chi connectivity index (χ4n) is 1.62. The summed E-state index contributed by atoms with van der Waals surface area (Å²) in [7, 11) is 1.16. The first-order valence-electron chi connectivity index (χ1n) is 5.11. The zero-order valence-corrected chi connectivity index (χ0v) is 9.86. The van der Waals surface area contributed by atoms with E-state index < -0.39 is 35.9 Å². The lowest BCUT2D eigenvalue weighted by Crippen LogP contribution is -2.30. The van der Waals surface area contributed by atoms with Crippen LogP contribution in [0.15, 0.2) is 12.1 Å². The van der Waals surface area contributed by atoms with Gasteiger partial charge in [0.1, 0.15) is 6.04 Å². The molecule has 1 aromatic carbocycles. The average Bonchev–Trinajstić information content (AvgIpc) is 2.27. The van der Waals surface area contributed by atoms with Crippen LogP contribution in [0.1, 0.15) is 17.2 Å². The van der Waals surface area contributed by atoms with E-state index in [1.165, 1.54) is 6.07 Å². The molecule has 8 heteroatoms. The van der Waals surface area contributed by atoms with Crippen molar-refractivity contribution in [3.05, 3.63) is 23.3 Å². The summed E-state index contributed by atoms with van der Waals surface area (Å²) in [5, 5.41) is 18.4. The number of alkyl halides is 3. The Bertz CT molecular complexity index is 488. The molecule has 0 aromatic heterocycles. The van der Waals surface area contributed by atoms with Crippen LogP contribution < -0.4 is 10.5 Å². The van der Waals surface area contributed by atoms with Gasteiger partial charge in [0.25, 0.3) is 0 Å². The number of hydrogen-bond donors (Lipinski definition) is 3. The van der Waals surface area contributed by atoms with E-state index in [1.807, 2.05) is 0 Å². The number of carboxylic acid groups (broad SMARTS) is 1. The standard InChI is InChI=1S/C11H12F3NO4/c1-19-6-3-2-5(4-7(16)17)8(9(6)18)10(15)11(12,13)14/h2-3,10,18H,4,15H2,1H3,(H,16,17)/t10-/m0/s1. The van der Waals surface area contributed by atoms with Crippen LogP contribution in [0.3, 0.4) is 0 Å². The summed E-state index contributed by atoms with van der Waals surface area (Å²) in [4.78, 5) is 10.6. The lowest BCUT2D eigenvalue weighted by atomic mass is 9.96. The van der Waals surface area contributed by atoms with Gasteiger partial charge in [0.2, 0.25) is 0 Å². The molecule has 106 valence electrons. The Kier molecular flexibility index (Phi) is 4.25. The molecule has 0 amide bonds. The monoisotopic (exact) mass is 279 g/mol. The van der Waals surface area contributed by atoms with Crippen LogP contribution in [0.4, 0.5) is 13.2 Å². The van der Waals surface area contributed by atoms with Crippen LogP contribution in [0.25, 0.3) is 0 Å². The first-order chi connectivity index (χ1) is 8.68. The molecule has 0 unspecified atom stereocenters. The molecule has 0 aliphatic rings. The van der Waals surface area contributed by atoms with Gasteiger partial charge in [-0.05, 0) is 11.6 Å². The van der Waals surface area contributed by atoms with Gasteiger partial charge in [-0.15, -0.1) is 0 Å². The summed E-state index contributed by atoms with van der Waals surface area (Å²) in [6.07, 6.45) is -5.49. The van der Waals surface area contributed by atoms with Crippen molar-refractivity contribution in [1.82, 2.24) is 0 Å². The van der Waals surface area contributed by atoms with E-state index in [0.29, 0.717) is 0 Å². The number of hydrogen-bond acceptors (Lipinski definition) is 4. The van der Waals surface area contributed by atoms with E-state index >= 15 is 0 Å². The number of carbonyl (C=O) groups is 1. The summed E-state index contributed by atoms with van der Waals surface area (Å²) in [6, 6.07) is -0.176. The number of benzene rings is 1. The summed E-state index contributed by atoms with van der Waals surface area (Å²) >= 11 is 0. The quantitative estimate of drug-likeness (QED) is 0.778. The molecule has 0 heterocycles. The van der Waals surface area contributed by atoms with Crippen molar-refractivity contribution in [2.45, 2.75) is 18.6 Å². The maximum atomic E-state index is 12.6. The Morgan fingerprint density at radius 2 is 2.05 bits per heavy atom. The Labute approximate surface area is 106 Å². The number of aromatic hydroxyl groups is 1. The molecule has 4 N–H and O–H groups in total. The number of halogens is 3. The predicted molar refractivity (Wildman–Crippen MR) is 59.0 cm³/mol. The molecule has 1 rings (SSSR count). The second-order valence-corrected chi connectivity index (χ2v) is 3.78. The largest absolute Gasteiger partial charge is 0.504 e. The number of phenols is 1. The summed E-state index contributed by atoms with van der Waals surface area (Å²) in [5.74, 6) is -2.34. The minimum Gasteiger partial charge on any atom is -0.504 e. The third-order valence-corrected chi connectivity index (χ3v) is 2.50. The predicted octanol–water partition coefficient (Wildman–Crippen LogP) is 1.59. The second-order valence-electron chi connectivity index (χ2n) is 3.78. The number of carboxylic acids is 1. The van der Waals surface area contributed by atoms with Gasteiger partial charge in [-0.3, -0.25) is 4.79 Å². The Morgan fingerprint density at radius 1 is 1.47 bits per heavy atom. The number of ether oxygens (including phenoxy) is 1. The molecule has 0 fully saturated rings. The number of phenolic OH excluding ortho intramolecular Hbond substituents is 1. The highest BCUT2D eigenvalue weighted by atomic mass is 19.4. The maximum absolute atomic E-state index is 12.6. The van der Waals surface area contributed by atoms with Crippen molar-refractivity contribution in [2.75, 3.05) is 7.11 Å². The van der Waals surface area contributed by atoms with Crippen molar-refractivity contribution >= 4 is 5.97 Å². The van der Waals surface area contributed by atoms with Crippen LogP contribution in [-0.2, 0) is 11.2 Å². The molecule has 19 heavy (non-hydrogen) atoms. The summed E-state index contributed by atoms with van der Waals surface area (Å²) < 4.78 is 42.6. The highest BCUT2D eigenvalue weighted by Crippen LogP contribution is 2.41. The van der Waals surface area contributed by atoms with E-state index in [4.69, 9.17) is 10.8 Å². The first kappa shape index (κ1) is 15.1. The topological polar surface area (TPSA) is 92.8 Å². The van der Waals surface area contributed by atoms with E-state index in [9.17, 15) is 23.1 Å². The Hall–Kier alpha value is -1.96. The number of aliphatic carboxylic acids is 1. The zero-order valence-electron chi connectivity index (χ0n) is 9.86. The number of rotatable bonds is 4. The minimum absolute atomic E-state index is 0.205. The van der Waals surface area contributed by atoms with Crippen molar-refractivity contribution in [2.24, 2.45) is 5.73 Å². The smallest absolute Gasteiger partial charge is 0.407 e. The number of methoxy groups -OCH3 is 1. The molecular formula is C11H12F3NO4. The maximum Gasteiger partial charge on any atom is 0.407 e. The van der Waals surface area contributed by atoms with Gasteiger partial charge in [0.15, 0.2) is 11.5 Å². The summed E-state index contributed by atoms with van der Waals surface area (Å²) in [6.45, 7) is 0. The average molecular weight is 279 g/mol. The van der Waals surface area contributed by atoms with Gasteiger partial charge in [-0.1, -0.05) is 6.07 Å². The van der Waals surface area contributed by atoms with Gasteiger partial charge in [-0.25, -0.2) is 0 Å². The fraction of sp³-hybridized carbons (Fsp3) is 0.364. The van der Waals surface area contributed by atoms with Gasteiger partial charge < -0.3 is 20.7 Å². The normalized spacial score (nSPS) is 13.1. The molecule has 1 atom stereocenters. The molecule has 0 spiro atoms. The van der Waals surface area contributed by atoms with E-state index in [0.717, 1.165) is 13.2 Å². The van der Waals surface area contributed by atoms with Crippen LogP contribution >= 0.6 is 0 Å². The molecule has 0 aliphatic heterocycles. The van der Waals surface area contributed by atoms with Gasteiger partial charge in [0.05, 0.1) is 13.5 Å². The van der Waals surface area contributed by atoms with Crippen molar-refractivity contribution in [1.29, 1.82) is 0 Å². The SMILES string of the molecule is COc1ccc(CC(=O)O)c([C@H](N)C(F)(F)F)c1O.